The van der Waals surface area contributed by atoms with Gasteiger partial charge in [0.05, 0.1) is 6.42 Å². The van der Waals surface area contributed by atoms with E-state index in [2.05, 4.69) is 10.9 Å². The second kappa shape index (κ2) is 6.85. The minimum absolute atomic E-state index is 0.0291. The first-order chi connectivity index (χ1) is 10.0. The zero-order valence-electron chi connectivity index (χ0n) is 10.9. The lowest BCUT2D eigenvalue weighted by Crippen LogP contribution is -2.42. The van der Waals surface area contributed by atoms with Crippen molar-refractivity contribution in [1.29, 1.82) is 0 Å². The molecular formula is C15H12ClFN2O2. The van der Waals surface area contributed by atoms with Crippen molar-refractivity contribution in [1.82, 2.24) is 10.9 Å². The van der Waals surface area contributed by atoms with Gasteiger partial charge in [-0.25, -0.2) is 4.39 Å². The SMILES string of the molecule is O=C(Cc1cccc(F)c1)NNC(=O)c1ccc(Cl)cc1. The molecule has 0 aromatic heterocycles. The van der Waals surface area contributed by atoms with Gasteiger partial charge in [-0.2, -0.15) is 0 Å². The Kier molecular flexibility index (Phi) is 4.90. The van der Waals surface area contributed by atoms with Crippen LogP contribution in [0.15, 0.2) is 48.5 Å². The van der Waals surface area contributed by atoms with E-state index in [9.17, 15) is 14.0 Å². The van der Waals surface area contributed by atoms with Gasteiger partial charge in [-0.15, -0.1) is 0 Å². The predicted molar refractivity (Wildman–Crippen MR) is 77.2 cm³/mol. The first-order valence-electron chi connectivity index (χ1n) is 6.14. The predicted octanol–water partition coefficient (Wildman–Crippen LogP) is 2.48. The first-order valence-corrected chi connectivity index (χ1v) is 6.51. The summed E-state index contributed by atoms with van der Waals surface area (Å²) in [4.78, 5) is 23.4. The highest BCUT2D eigenvalue weighted by molar-refractivity contribution is 6.30. The van der Waals surface area contributed by atoms with Crippen molar-refractivity contribution >= 4 is 23.4 Å². The molecule has 0 aliphatic heterocycles. The fraction of sp³-hybridized carbons (Fsp3) is 0.0667. The van der Waals surface area contributed by atoms with Crippen molar-refractivity contribution in [3.8, 4) is 0 Å². The molecule has 2 rings (SSSR count). The number of halogens is 2. The average molecular weight is 307 g/mol. The number of benzene rings is 2. The lowest BCUT2D eigenvalue weighted by atomic mass is 10.1. The molecule has 0 spiro atoms. The molecule has 0 heterocycles. The average Bonchev–Trinajstić information content (AvgIpc) is 2.45. The zero-order valence-corrected chi connectivity index (χ0v) is 11.7. The Labute approximate surface area is 125 Å². The van der Waals surface area contributed by atoms with Crippen LogP contribution in [0, 0.1) is 5.82 Å². The van der Waals surface area contributed by atoms with Gasteiger partial charge in [0.25, 0.3) is 5.91 Å². The van der Waals surface area contributed by atoms with Crippen LogP contribution in [0.25, 0.3) is 0 Å². The topological polar surface area (TPSA) is 58.2 Å². The molecule has 2 amide bonds. The van der Waals surface area contributed by atoms with Crippen LogP contribution in [0.5, 0.6) is 0 Å². The molecular weight excluding hydrogens is 295 g/mol. The lowest BCUT2D eigenvalue weighted by Gasteiger charge is -2.07. The highest BCUT2D eigenvalue weighted by Gasteiger charge is 2.08. The lowest BCUT2D eigenvalue weighted by molar-refractivity contribution is -0.121. The van der Waals surface area contributed by atoms with E-state index >= 15 is 0 Å². The second-order valence-electron chi connectivity index (χ2n) is 4.32. The van der Waals surface area contributed by atoms with Crippen LogP contribution in [-0.4, -0.2) is 11.8 Å². The fourth-order valence-corrected chi connectivity index (χ4v) is 1.80. The third kappa shape index (κ3) is 4.57. The van der Waals surface area contributed by atoms with Gasteiger partial charge in [0, 0.05) is 10.6 Å². The van der Waals surface area contributed by atoms with Gasteiger partial charge in [0.2, 0.25) is 5.91 Å². The van der Waals surface area contributed by atoms with E-state index in [-0.39, 0.29) is 6.42 Å². The Morgan fingerprint density at radius 1 is 1.05 bits per heavy atom. The molecule has 4 nitrogen and oxygen atoms in total. The number of hydrogen-bond donors (Lipinski definition) is 2. The van der Waals surface area contributed by atoms with E-state index in [1.165, 1.54) is 30.3 Å². The molecule has 0 saturated carbocycles. The molecule has 6 heteroatoms. The van der Waals surface area contributed by atoms with Gasteiger partial charge in [-0.1, -0.05) is 23.7 Å². The highest BCUT2D eigenvalue weighted by atomic mass is 35.5. The Bertz CT molecular complexity index is 659. The van der Waals surface area contributed by atoms with Crippen LogP contribution in [0.1, 0.15) is 15.9 Å². The van der Waals surface area contributed by atoms with Gasteiger partial charge >= 0.3 is 0 Å². The summed E-state index contributed by atoms with van der Waals surface area (Å²) in [5.41, 5.74) is 5.43. The van der Waals surface area contributed by atoms with Crippen LogP contribution in [0.4, 0.5) is 4.39 Å². The standard InChI is InChI=1S/C15H12ClFN2O2/c16-12-6-4-11(5-7-12)15(21)19-18-14(20)9-10-2-1-3-13(17)8-10/h1-8H,9H2,(H,18,20)(H,19,21). The maximum absolute atomic E-state index is 13.0. The van der Waals surface area contributed by atoms with E-state index in [4.69, 9.17) is 11.6 Å². The second-order valence-corrected chi connectivity index (χ2v) is 4.75. The maximum Gasteiger partial charge on any atom is 0.269 e. The number of nitrogens with one attached hydrogen (secondary N) is 2. The number of carbonyl (C=O) groups is 2. The van der Waals surface area contributed by atoms with E-state index in [0.717, 1.165) is 0 Å². The van der Waals surface area contributed by atoms with Crippen LogP contribution >= 0.6 is 11.6 Å². The molecule has 108 valence electrons. The molecule has 0 aliphatic rings. The number of carbonyl (C=O) groups excluding carboxylic acids is 2. The van der Waals surface area contributed by atoms with E-state index < -0.39 is 17.6 Å². The highest BCUT2D eigenvalue weighted by Crippen LogP contribution is 2.09. The quantitative estimate of drug-likeness (QED) is 0.856. The Morgan fingerprint density at radius 3 is 2.43 bits per heavy atom. The molecule has 0 atom stereocenters. The van der Waals surface area contributed by atoms with Gasteiger partial charge in [-0.05, 0) is 42.0 Å². The molecule has 0 radical (unpaired) electrons. The Hall–Kier alpha value is -2.40. The minimum atomic E-state index is -0.459. The van der Waals surface area contributed by atoms with Crippen LogP contribution < -0.4 is 10.9 Å². The van der Waals surface area contributed by atoms with Crippen molar-refractivity contribution in [2.45, 2.75) is 6.42 Å². The number of hydrazine groups is 1. The molecule has 0 aliphatic carbocycles. The molecule has 0 saturated heterocycles. The van der Waals surface area contributed by atoms with Gasteiger partial charge in [0.15, 0.2) is 0 Å². The Balaban J connectivity index is 1.86. The van der Waals surface area contributed by atoms with E-state index in [1.54, 1.807) is 18.2 Å². The molecule has 0 fully saturated rings. The smallest absolute Gasteiger partial charge is 0.269 e. The van der Waals surface area contributed by atoms with Crippen molar-refractivity contribution in [2.24, 2.45) is 0 Å². The third-order valence-electron chi connectivity index (χ3n) is 2.68. The molecule has 0 bridgehead atoms. The number of rotatable bonds is 3. The number of amides is 2. The third-order valence-corrected chi connectivity index (χ3v) is 2.93. The van der Waals surface area contributed by atoms with Gasteiger partial charge < -0.3 is 0 Å². The normalized spacial score (nSPS) is 10.0. The molecule has 0 unspecified atom stereocenters. The monoisotopic (exact) mass is 306 g/mol. The number of hydrogen-bond acceptors (Lipinski definition) is 2. The first kappa shape index (κ1) is 15.0. The summed E-state index contributed by atoms with van der Waals surface area (Å²) in [6.45, 7) is 0. The molecule has 21 heavy (non-hydrogen) atoms. The van der Waals surface area contributed by atoms with Crippen molar-refractivity contribution in [3.63, 3.8) is 0 Å². The van der Waals surface area contributed by atoms with Crippen molar-refractivity contribution in [3.05, 3.63) is 70.5 Å². The van der Waals surface area contributed by atoms with Crippen LogP contribution in [-0.2, 0) is 11.2 Å². The summed E-state index contributed by atoms with van der Waals surface area (Å²) in [5.74, 6) is -1.31. The van der Waals surface area contributed by atoms with Gasteiger partial charge in [0.1, 0.15) is 5.82 Å². The summed E-state index contributed by atoms with van der Waals surface area (Å²) in [5, 5.41) is 0.515. The summed E-state index contributed by atoms with van der Waals surface area (Å²) in [7, 11) is 0. The molecule has 2 N–H and O–H groups in total. The zero-order chi connectivity index (χ0) is 15.2. The fourth-order valence-electron chi connectivity index (χ4n) is 1.68. The largest absolute Gasteiger partial charge is 0.273 e. The van der Waals surface area contributed by atoms with Crippen molar-refractivity contribution in [2.75, 3.05) is 0 Å². The summed E-state index contributed by atoms with van der Waals surface area (Å²) < 4.78 is 13.0. The molecule has 2 aromatic rings. The van der Waals surface area contributed by atoms with E-state index in [0.29, 0.717) is 16.1 Å². The summed E-state index contributed by atoms with van der Waals surface area (Å²) in [6, 6.07) is 11.9. The Morgan fingerprint density at radius 2 is 1.76 bits per heavy atom. The maximum atomic E-state index is 13.0. The molecule has 2 aromatic carbocycles. The summed E-state index contributed by atoms with van der Waals surface area (Å²) >= 11 is 5.71. The van der Waals surface area contributed by atoms with Crippen LogP contribution in [0.2, 0.25) is 5.02 Å². The minimum Gasteiger partial charge on any atom is -0.273 e. The van der Waals surface area contributed by atoms with Crippen molar-refractivity contribution < 1.29 is 14.0 Å². The summed E-state index contributed by atoms with van der Waals surface area (Å²) in [6.07, 6.45) is -0.0291. The van der Waals surface area contributed by atoms with Crippen LogP contribution in [0.3, 0.4) is 0 Å². The van der Waals surface area contributed by atoms with Gasteiger partial charge in [-0.3, -0.25) is 20.4 Å². The van der Waals surface area contributed by atoms with E-state index in [1.807, 2.05) is 0 Å².